The smallest absolute Gasteiger partial charge is 0.249 e. The summed E-state index contributed by atoms with van der Waals surface area (Å²) < 4.78 is 0. The first kappa shape index (κ1) is 51.8. The number of carbonyl (C=O) groups is 1. The van der Waals surface area contributed by atoms with Crippen LogP contribution in [0.15, 0.2) is 24.3 Å². The first-order chi connectivity index (χ1) is 26.1. The number of carbonyl (C=O) groups excluding carboxylic acids is 1. The van der Waals surface area contributed by atoms with Gasteiger partial charge in [0.2, 0.25) is 5.91 Å². The molecule has 0 bridgehead atoms. The number of hydrogen-bond acceptors (Lipinski definition) is 4. The molecule has 314 valence electrons. The normalized spacial score (nSPS) is 13.7. The Morgan fingerprint density at radius 1 is 0.453 bits per heavy atom. The lowest BCUT2D eigenvalue weighted by molar-refractivity contribution is -0.131. The first-order valence-corrected chi connectivity index (χ1v) is 23.6. The second kappa shape index (κ2) is 43.6. The van der Waals surface area contributed by atoms with E-state index in [1.165, 1.54) is 186 Å². The van der Waals surface area contributed by atoms with E-state index in [9.17, 15) is 20.1 Å². The lowest BCUT2D eigenvalue weighted by Crippen LogP contribution is -2.49. The van der Waals surface area contributed by atoms with Gasteiger partial charge < -0.3 is 20.6 Å². The Bertz CT molecular complexity index is 784. The van der Waals surface area contributed by atoms with Crippen LogP contribution in [0.2, 0.25) is 0 Å². The van der Waals surface area contributed by atoms with Gasteiger partial charge in [-0.25, -0.2) is 0 Å². The van der Waals surface area contributed by atoms with Crippen molar-refractivity contribution in [1.29, 1.82) is 0 Å². The van der Waals surface area contributed by atoms with E-state index in [4.69, 9.17) is 0 Å². The van der Waals surface area contributed by atoms with Crippen LogP contribution in [-0.2, 0) is 4.79 Å². The fourth-order valence-corrected chi connectivity index (χ4v) is 7.34. The zero-order valence-electron chi connectivity index (χ0n) is 35.7. The van der Waals surface area contributed by atoms with Crippen molar-refractivity contribution >= 4 is 5.91 Å². The van der Waals surface area contributed by atoms with E-state index in [0.717, 1.165) is 38.5 Å². The number of aliphatic hydroxyl groups is 3. The van der Waals surface area contributed by atoms with Gasteiger partial charge in [-0.15, -0.1) is 0 Å². The van der Waals surface area contributed by atoms with Crippen molar-refractivity contribution in [2.45, 2.75) is 270 Å². The van der Waals surface area contributed by atoms with E-state index in [-0.39, 0.29) is 6.61 Å². The van der Waals surface area contributed by atoms with E-state index in [0.29, 0.717) is 12.8 Å². The van der Waals surface area contributed by atoms with E-state index >= 15 is 0 Å². The summed E-state index contributed by atoms with van der Waals surface area (Å²) in [5.41, 5.74) is 0. The van der Waals surface area contributed by atoms with Crippen LogP contribution >= 0.6 is 0 Å². The van der Waals surface area contributed by atoms with Gasteiger partial charge in [-0.2, -0.15) is 0 Å². The van der Waals surface area contributed by atoms with Gasteiger partial charge >= 0.3 is 0 Å². The van der Waals surface area contributed by atoms with Gasteiger partial charge in [0.05, 0.1) is 18.8 Å². The minimum absolute atomic E-state index is 0.313. The van der Waals surface area contributed by atoms with Crippen LogP contribution < -0.4 is 5.32 Å². The minimum atomic E-state index is -1.08. The molecule has 5 heteroatoms. The average molecular weight is 748 g/mol. The molecule has 0 aliphatic carbocycles. The van der Waals surface area contributed by atoms with Crippen molar-refractivity contribution in [2.75, 3.05) is 6.61 Å². The highest BCUT2D eigenvalue weighted by Crippen LogP contribution is 2.16. The molecule has 0 aliphatic rings. The molecule has 0 fully saturated rings. The molecule has 53 heavy (non-hydrogen) atoms. The highest BCUT2D eigenvalue weighted by atomic mass is 16.3. The van der Waals surface area contributed by atoms with Crippen LogP contribution in [0.5, 0.6) is 0 Å². The maximum atomic E-state index is 12.5. The lowest BCUT2D eigenvalue weighted by atomic mass is 10.0. The van der Waals surface area contributed by atoms with Crippen LogP contribution in [0.1, 0.15) is 251 Å². The van der Waals surface area contributed by atoms with Crippen molar-refractivity contribution in [3.8, 4) is 0 Å². The molecular weight excluding hydrogens is 655 g/mol. The second-order valence-corrected chi connectivity index (χ2v) is 16.3. The Morgan fingerprint density at radius 3 is 1.13 bits per heavy atom. The van der Waals surface area contributed by atoms with Crippen molar-refractivity contribution in [2.24, 2.45) is 0 Å². The second-order valence-electron chi connectivity index (χ2n) is 16.3. The maximum Gasteiger partial charge on any atom is 0.249 e. The molecule has 5 nitrogen and oxygen atoms in total. The summed E-state index contributed by atoms with van der Waals surface area (Å²) in [5.74, 6) is -0.472. The number of unbranched alkanes of at least 4 members (excludes halogenated alkanes) is 31. The number of amides is 1. The molecule has 0 saturated heterocycles. The number of rotatable bonds is 43. The Morgan fingerprint density at radius 2 is 0.774 bits per heavy atom. The molecule has 0 rings (SSSR count). The standard InChI is InChI=1S/C48H93NO4/c1-3-5-7-9-11-13-15-17-18-19-20-21-22-23-24-25-26-27-28-29-31-33-35-37-39-41-43-47(52)48(53)49-45(44-50)46(51)42-40-38-36-34-32-30-16-14-12-10-8-6-4-2/h20-21,23-24,45-47,50-52H,3-19,22,25-44H2,1-2H3,(H,49,53)/b21-20-,24-23-. The molecule has 0 aromatic carbocycles. The zero-order chi connectivity index (χ0) is 38.7. The SMILES string of the molecule is CCCCCCCCCCC/C=C\C/C=C\CCCCCCCCCCCCC(O)C(=O)NC(CO)C(O)CCCCCCCCCCCCCCC. The average Bonchev–Trinajstić information content (AvgIpc) is 3.16. The molecule has 0 spiro atoms. The third-order valence-corrected chi connectivity index (χ3v) is 11.1. The van der Waals surface area contributed by atoms with Gasteiger partial charge in [0.15, 0.2) is 0 Å². The van der Waals surface area contributed by atoms with Crippen LogP contribution in [0.4, 0.5) is 0 Å². The highest BCUT2D eigenvalue weighted by Gasteiger charge is 2.23. The van der Waals surface area contributed by atoms with Gasteiger partial charge in [0.1, 0.15) is 6.10 Å². The van der Waals surface area contributed by atoms with Crippen molar-refractivity contribution in [3.05, 3.63) is 24.3 Å². The topological polar surface area (TPSA) is 89.8 Å². The summed E-state index contributed by atoms with van der Waals surface area (Å²) in [7, 11) is 0. The van der Waals surface area contributed by atoms with Crippen LogP contribution in [0.3, 0.4) is 0 Å². The Labute approximate surface area is 331 Å². The fourth-order valence-electron chi connectivity index (χ4n) is 7.34. The van der Waals surface area contributed by atoms with Gasteiger partial charge in [-0.1, -0.05) is 231 Å². The van der Waals surface area contributed by atoms with Gasteiger partial charge in [0, 0.05) is 0 Å². The van der Waals surface area contributed by atoms with Crippen LogP contribution in [-0.4, -0.2) is 46.1 Å². The molecular formula is C48H93NO4. The number of hydrogen-bond donors (Lipinski definition) is 4. The third-order valence-electron chi connectivity index (χ3n) is 11.1. The first-order valence-electron chi connectivity index (χ1n) is 23.6. The van der Waals surface area contributed by atoms with E-state index in [1.807, 2.05) is 0 Å². The molecule has 0 saturated carbocycles. The summed E-state index contributed by atoms with van der Waals surface area (Å²) in [5, 5.41) is 33.3. The molecule has 3 atom stereocenters. The molecule has 4 N–H and O–H groups in total. The van der Waals surface area contributed by atoms with Crippen LogP contribution in [0, 0.1) is 0 Å². The molecule has 3 unspecified atom stereocenters. The predicted molar refractivity (Wildman–Crippen MR) is 231 cm³/mol. The van der Waals surface area contributed by atoms with Crippen molar-refractivity contribution in [3.63, 3.8) is 0 Å². The monoisotopic (exact) mass is 748 g/mol. The Kier molecular flexibility index (Phi) is 42.6. The summed E-state index contributed by atoms with van der Waals surface area (Å²) in [6.45, 7) is 4.23. The van der Waals surface area contributed by atoms with Crippen molar-refractivity contribution in [1.82, 2.24) is 5.32 Å². The Balaban J connectivity index is 3.58. The van der Waals surface area contributed by atoms with E-state index in [1.54, 1.807) is 0 Å². The summed E-state index contributed by atoms with van der Waals surface area (Å²) >= 11 is 0. The third kappa shape index (κ3) is 38.9. The zero-order valence-corrected chi connectivity index (χ0v) is 35.7. The predicted octanol–water partition coefficient (Wildman–Crippen LogP) is 13.8. The molecule has 0 aromatic rings. The molecule has 0 heterocycles. The van der Waals surface area contributed by atoms with Gasteiger partial charge in [-0.05, 0) is 44.9 Å². The van der Waals surface area contributed by atoms with Gasteiger partial charge in [0.25, 0.3) is 0 Å². The maximum absolute atomic E-state index is 12.5. The summed E-state index contributed by atoms with van der Waals surface area (Å²) in [4.78, 5) is 12.5. The lowest BCUT2D eigenvalue weighted by Gasteiger charge is -2.23. The number of allylic oxidation sites excluding steroid dienone is 4. The van der Waals surface area contributed by atoms with Crippen LogP contribution in [0.25, 0.3) is 0 Å². The molecule has 0 radical (unpaired) electrons. The summed E-state index contributed by atoms with van der Waals surface area (Å²) in [6.07, 6.45) is 53.3. The Hall–Kier alpha value is -1.17. The highest BCUT2D eigenvalue weighted by molar-refractivity contribution is 5.80. The number of nitrogens with one attached hydrogen (secondary N) is 1. The quantitative estimate of drug-likeness (QED) is 0.0369. The molecule has 0 aromatic heterocycles. The fraction of sp³-hybridized carbons (Fsp3) is 0.896. The minimum Gasteiger partial charge on any atom is -0.394 e. The summed E-state index contributed by atoms with van der Waals surface area (Å²) in [6, 6.07) is -0.711. The molecule has 0 aliphatic heterocycles. The molecule has 1 amide bonds. The largest absolute Gasteiger partial charge is 0.394 e. The van der Waals surface area contributed by atoms with Crippen molar-refractivity contribution < 1.29 is 20.1 Å². The van der Waals surface area contributed by atoms with E-state index in [2.05, 4.69) is 43.5 Å². The van der Waals surface area contributed by atoms with Gasteiger partial charge in [-0.3, -0.25) is 4.79 Å². The van der Waals surface area contributed by atoms with E-state index < -0.39 is 24.2 Å². The number of aliphatic hydroxyl groups excluding tert-OH is 3.